The van der Waals surface area contributed by atoms with Crippen molar-refractivity contribution in [2.45, 2.75) is 19.4 Å². The van der Waals surface area contributed by atoms with Crippen LogP contribution in [-0.2, 0) is 4.79 Å². The van der Waals surface area contributed by atoms with Crippen LogP contribution in [-0.4, -0.2) is 26.5 Å². The van der Waals surface area contributed by atoms with E-state index in [9.17, 15) is 4.79 Å². The third kappa shape index (κ3) is 4.16. The van der Waals surface area contributed by atoms with Crippen LogP contribution in [0.15, 0.2) is 61.3 Å². The molecule has 0 saturated carbocycles. The molecule has 0 unspecified atom stereocenters. The molecule has 7 heteroatoms. The molecule has 0 aliphatic heterocycles. The van der Waals surface area contributed by atoms with E-state index in [-0.39, 0.29) is 5.91 Å². The van der Waals surface area contributed by atoms with E-state index in [0.29, 0.717) is 22.9 Å². The van der Waals surface area contributed by atoms with Crippen LogP contribution in [0.1, 0.15) is 13.3 Å². The number of ether oxygens (including phenoxy) is 1. The van der Waals surface area contributed by atoms with Crippen LogP contribution in [0.4, 0.5) is 5.69 Å². The number of imidazole rings is 1. The van der Waals surface area contributed by atoms with Gasteiger partial charge in [-0.05, 0) is 30.7 Å². The van der Waals surface area contributed by atoms with E-state index in [1.807, 2.05) is 19.1 Å². The number of halogens is 1. The van der Waals surface area contributed by atoms with Crippen molar-refractivity contribution in [2.24, 2.45) is 0 Å². The van der Waals surface area contributed by atoms with Gasteiger partial charge in [0.1, 0.15) is 17.9 Å². The molecule has 0 spiro atoms. The predicted octanol–water partition coefficient (Wildman–Crippen LogP) is 3.72. The van der Waals surface area contributed by atoms with Gasteiger partial charge in [0.15, 0.2) is 6.10 Å². The number of carbonyl (C=O) groups is 1. The number of pyridine rings is 1. The van der Waals surface area contributed by atoms with E-state index in [1.165, 1.54) is 0 Å². The second kappa shape index (κ2) is 7.81. The molecule has 6 nitrogen and oxygen atoms in total. The Morgan fingerprint density at radius 3 is 2.80 bits per heavy atom. The molecule has 0 fully saturated rings. The number of amides is 1. The zero-order valence-electron chi connectivity index (χ0n) is 13.6. The number of nitrogens with one attached hydrogen (secondary N) is 1. The van der Waals surface area contributed by atoms with Gasteiger partial charge in [0, 0.05) is 12.4 Å². The van der Waals surface area contributed by atoms with Crippen molar-refractivity contribution < 1.29 is 9.53 Å². The highest BCUT2D eigenvalue weighted by Gasteiger charge is 2.19. The fourth-order valence-electron chi connectivity index (χ4n) is 2.25. The molecule has 1 amide bonds. The first-order valence-electron chi connectivity index (χ1n) is 7.84. The summed E-state index contributed by atoms with van der Waals surface area (Å²) >= 11 is 6.08. The van der Waals surface area contributed by atoms with Gasteiger partial charge in [0.2, 0.25) is 0 Å². The molecule has 0 aliphatic rings. The SMILES string of the molecule is CC[C@H](Oc1ccccc1Cl)C(=O)Nc1ccc(-n2ccnc2)nc1. The van der Waals surface area contributed by atoms with Gasteiger partial charge in [-0.1, -0.05) is 30.7 Å². The standard InChI is InChI=1S/C18H17ClN4O2/c1-2-15(25-16-6-4-3-5-14(16)19)18(24)22-13-7-8-17(21-11-13)23-10-9-20-12-23/h3-12,15H,2H2,1H3,(H,22,24)/t15-/m0/s1. The van der Waals surface area contributed by atoms with Gasteiger partial charge in [0.05, 0.1) is 16.9 Å². The lowest BCUT2D eigenvalue weighted by atomic mass is 10.2. The number of aromatic nitrogens is 3. The lowest BCUT2D eigenvalue weighted by Crippen LogP contribution is -2.32. The summed E-state index contributed by atoms with van der Waals surface area (Å²) < 4.78 is 7.51. The molecule has 128 valence electrons. The average Bonchev–Trinajstić information content (AvgIpc) is 3.16. The topological polar surface area (TPSA) is 69.0 Å². The van der Waals surface area contributed by atoms with Crippen molar-refractivity contribution in [3.63, 3.8) is 0 Å². The minimum atomic E-state index is -0.645. The van der Waals surface area contributed by atoms with E-state index in [0.717, 1.165) is 5.82 Å². The van der Waals surface area contributed by atoms with E-state index in [2.05, 4.69) is 15.3 Å². The Hall–Kier alpha value is -2.86. The van der Waals surface area contributed by atoms with Gasteiger partial charge in [0.25, 0.3) is 5.91 Å². The van der Waals surface area contributed by atoms with Gasteiger partial charge in [-0.3, -0.25) is 9.36 Å². The lowest BCUT2D eigenvalue weighted by Gasteiger charge is -2.18. The summed E-state index contributed by atoms with van der Waals surface area (Å²) in [6.07, 6.45) is 6.59. The summed E-state index contributed by atoms with van der Waals surface area (Å²) in [5, 5.41) is 3.28. The smallest absolute Gasteiger partial charge is 0.265 e. The molecule has 1 N–H and O–H groups in total. The second-order valence-corrected chi connectivity index (χ2v) is 5.72. The number of anilines is 1. The van der Waals surface area contributed by atoms with Crippen LogP contribution in [0.2, 0.25) is 5.02 Å². The molecule has 1 aromatic carbocycles. The molecule has 0 aliphatic carbocycles. The Balaban J connectivity index is 1.66. The maximum atomic E-state index is 12.5. The average molecular weight is 357 g/mol. The number of benzene rings is 1. The molecule has 2 aromatic heterocycles. The van der Waals surface area contributed by atoms with E-state index < -0.39 is 6.10 Å². The quantitative estimate of drug-likeness (QED) is 0.730. The minimum Gasteiger partial charge on any atom is -0.479 e. The molecule has 2 heterocycles. The number of rotatable bonds is 6. The van der Waals surface area contributed by atoms with Crippen LogP contribution >= 0.6 is 11.6 Å². The summed E-state index contributed by atoms with van der Waals surface area (Å²) in [6, 6.07) is 10.7. The summed E-state index contributed by atoms with van der Waals surface area (Å²) in [5.74, 6) is 0.953. The molecular weight excluding hydrogens is 340 g/mol. The van der Waals surface area contributed by atoms with Gasteiger partial charge in [-0.15, -0.1) is 0 Å². The Labute approximate surface area is 150 Å². The van der Waals surface area contributed by atoms with Gasteiger partial charge in [-0.2, -0.15) is 0 Å². The van der Waals surface area contributed by atoms with Crippen molar-refractivity contribution >= 4 is 23.2 Å². The fraction of sp³-hybridized carbons (Fsp3) is 0.167. The number of hydrogen-bond acceptors (Lipinski definition) is 4. The first kappa shape index (κ1) is 17.0. The van der Waals surface area contributed by atoms with Crippen molar-refractivity contribution in [2.75, 3.05) is 5.32 Å². The number of hydrogen-bond donors (Lipinski definition) is 1. The zero-order chi connectivity index (χ0) is 17.6. The van der Waals surface area contributed by atoms with Crippen molar-refractivity contribution in [1.29, 1.82) is 0 Å². The van der Waals surface area contributed by atoms with Crippen LogP contribution in [0.5, 0.6) is 5.75 Å². The largest absolute Gasteiger partial charge is 0.479 e. The van der Waals surface area contributed by atoms with Crippen molar-refractivity contribution in [3.05, 3.63) is 66.3 Å². The van der Waals surface area contributed by atoms with Crippen LogP contribution in [0, 0.1) is 0 Å². The number of nitrogens with zero attached hydrogens (tertiary/aromatic N) is 3. The van der Waals surface area contributed by atoms with Gasteiger partial charge >= 0.3 is 0 Å². The molecule has 3 rings (SSSR count). The maximum Gasteiger partial charge on any atom is 0.265 e. The normalized spacial score (nSPS) is 11.8. The van der Waals surface area contributed by atoms with E-state index in [4.69, 9.17) is 16.3 Å². The highest BCUT2D eigenvalue weighted by molar-refractivity contribution is 6.32. The first-order valence-corrected chi connectivity index (χ1v) is 8.21. The lowest BCUT2D eigenvalue weighted by molar-refractivity contribution is -0.122. The summed E-state index contributed by atoms with van der Waals surface area (Å²) in [5.41, 5.74) is 0.593. The van der Waals surface area contributed by atoms with Crippen LogP contribution < -0.4 is 10.1 Å². The third-order valence-corrected chi connectivity index (χ3v) is 3.87. The predicted molar refractivity (Wildman–Crippen MR) is 96.1 cm³/mol. The van der Waals surface area contributed by atoms with Gasteiger partial charge < -0.3 is 10.1 Å². The molecule has 3 aromatic rings. The maximum absolute atomic E-state index is 12.5. The van der Waals surface area contributed by atoms with Crippen molar-refractivity contribution in [1.82, 2.24) is 14.5 Å². The summed E-state index contributed by atoms with van der Waals surface area (Å²) in [7, 11) is 0. The van der Waals surface area contributed by atoms with Crippen LogP contribution in [0.3, 0.4) is 0 Å². The second-order valence-electron chi connectivity index (χ2n) is 5.31. The van der Waals surface area contributed by atoms with Crippen molar-refractivity contribution in [3.8, 4) is 11.6 Å². The molecule has 1 atom stereocenters. The van der Waals surface area contributed by atoms with E-state index in [1.54, 1.807) is 53.8 Å². The van der Waals surface area contributed by atoms with Crippen LogP contribution in [0.25, 0.3) is 5.82 Å². The molecule has 0 bridgehead atoms. The summed E-state index contributed by atoms with van der Waals surface area (Å²) in [6.45, 7) is 1.88. The highest BCUT2D eigenvalue weighted by atomic mass is 35.5. The first-order chi connectivity index (χ1) is 12.2. The Morgan fingerprint density at radius 2 is 2.16 bits per heavy atom. The van der Waals surface area contributed by atoms with E-state index >= 15 is 0 Å². The minimum absolute atomic E-state index is 0.250. The Morgan fingerprint density at radius 1 is 1.32 bits per heavy atom. The Kier molecular flexibility index (Phi) is 5.30. The van der Waals surface area contributed by atoms with Gasteiger partial charge in [-0.25, -0.2) is 9.97 Å². The number of carbonyl (C=O) groups excluding carboxylic acids is 1. The monoisotopic (exact) mass is 356 g/mol. The molecule has 0 saturated heterocycles. The molecule has 25 heavy (non-hydrogen) atoms. The third-order valence-electron chi connectivity index (χ3n) is 3.55. The molecule has 0 radical (unpaired) electrons. The zero-order valence-corrected chi connectivity index (χ0v) is 14.3. The summed E-state index contributed by atoms with van der Waals surface area (Å²) in [4.78, 5) is 20.7. The molecular formula is C18H17ClN4O2. The number of para-hydroxylation sites is 1. The highest BCUT2D eigenvalue weighted by Crippen LogP contribution is 2.25. The Bertz CT molecular complexity index is 835. The fourth-order valence-corrected chi connectivity index (χ4v) is 2.43.